The van der Waals surface area contributed by atoms with Crippen molar-refractivity contribution in [2.45, 2.75) is 38.4 Å². The quantitative estimate of drug-likeness (QED) is 0.638. The average molecular weight is 262 g/mol. The topological polar surface area (TPSA) is 80.3 Å². The summed E-state index contributed by atoms with van der Waals surface area (Å²) in [4.78, 5) is 21.8. The second kappa shape index (κ2) is 6.67. The Kier molecular flexibility index (Phi) is 5.52. The minimum Gasteiger partial charge on any atom is -0.463 e. The molecule has 1 rings (SSSR count). The highest BCUT2D eigenvalue weighted by atomic mass is 16.7. The van der Waals surface area contributed by atoms with Crippen molar-refractivity contribution in [2.24, 2.45) is 0 Å². The molecule has 0 amide bonds. The van der Waals surface area contributed by atoms with Crippen molar-refractivity contribution >= 4 is 11.9 Å². The molecular weight excluding hydrogens is 244 g/mol. The third-order valence-corrected chi connectivity index (χ3v) is 2.52. The Morgan fingerprint density at radius 1 is 1.06 bits per heavy atom. The number of carbonyl (C=O) groups is 2. The third-order valence-electron chi connectivity index (χ3n) is 2.52. The first-order chi connectivity index (χ1) is 8.49. The third kappa shape index (κ3) is 3.66. The molecule has 0 N–H and O–H groups in total. The summed E-state index contributed by atoms with van der Waals surface area (Å²) in [6, 6.07) is 0. The van der Waals surface area contributed by atoms with E-state index in [9.17, 15) is 9.59 Å². The standard InChI is InChI=1S/C11H18O7/c1-6(12)16-5-8-9(17-7(2)13)10(14-3)11(15-4)18-8/h8-11H,5H2,1-4H3/t8-,9-,10+,11+/m1/s1. The summed E-state index contributed by atoms with van der Waals surface area (Å²) in [6.07, 6.45) is -2.50. The molecule has 0 aromatic heterocycles. The van der Waals surface area contributed by atoms with Crippen molar-refractivity contribution in [2.75, 3.05) is 20.8 Å². The van der Waals surface area contributed by atoms with E-state index in [1.54, 1.807) is 0 Å². The maximum Gasteiger partial charge on any atom is 0.303 e. The number of ether oxygens (including phenoxy) is 5. The van der Waals surface area contributed by atoms with Crippen LogP contribution < -0.4 is 0 Å². The van der Waals surface area contributed by atoms with Gasteiger partial charge in [0.15, 0.2) is 12.4 Å². The summed E-state index contributed by atoms with van der Waals surface area (Å²) in [5.41, 5.74) is 0. The lowest BCUT2D eigenvalue weighted by Gasteiger charge is -2.21. The van der Waals surface area contributed by atoms with Gasteiger partial charge in [-0.3, -0.25) is 9.59 Å². The summed E-state index contributed by atoms with van der Waals surface area (Å²) in [5.74, 6) is -0.898. The normalized spacial score (nSPS) is 31.1. The molecule has 7 heteroatoms. The SMILES string of the molecule is CO[C@H]1O[C@H](COC(C)=O)[C@@H](OC(C)=O)[C@@H]1OC. The van der Waals surface area contributed by atoms with E-state index < -0.39 is 36.5 Å². The highest BCUT2D eigenvalue weighted by Gasteiger charge is 2.48. The predicted molar refractivity (Wildman–Crippen MR) is 58.7 cm³/mol. The number of hydrogen-bond donors (Lipinski definition) is 0. The lowest BCUT2D eigenvalue weighted by molar-refractivity contribution is -0.167. The summed E-state index contributed by atoms with van der Waals surface area (Å²) in [7, 11) is 2.92. The van der Waals surface area contributed by atoms with Crippen LogP contribution >= 0.6 is 0 Å². The van der Waals surface area contributed by atoms with Gasteiger partial charge in [0.25, 0.3) is 0 Å². The van der Waals surface area contributed by atoms with Gasteiger partial charge in [-0.05, 0) is 0 Å². The number of rotatable bonds is 5. The monoisotopic (exact) mass is 262 g/mol. The van der Waals surface area contributed by atoms with Gasteiger partial charge in [0.1, 0.15) is 18.8 Å². The molecule has 0 spiro atoms. The van der Waals surface area contributed by atoms with Gasteiger partial charge in [0.05, 0.1) is 0 Å². The van der Waals surface area contributed by atoms with E-state index in [1.165, 1.54) is 28.1 Å². The molecule has 0 aromatic rings. The Bertz CT molecular complexity index is 304. The van der Waals surface area contributed by atoms with E-state index >= 15 is 0 Å². The molecule has 0 radical (unpaired) electrons. The maximum atomic E-state index is 11.1. The molecule has 0 bridgehead atoms. The van der Waals surface area contributed by atoms with E-state index in [-0.39, 0.29) is 6.61 Å². The van der Waals surface area contributed by atoms with Gasteiger partial charge >= 0.3 is 11.9 Å². The Labute approximate surface area is 105 Å². The molecule has 1 heterocycles. The zero-order valence-corrected chi connectivity index (χ0v) is 10.9. The maximum absolute atomic E-state index is 11.1. The Morgan fingerprint density at radius 3 is 2.17 bits per heavy atom. The fourth-order valence-corrected chi connectivity index (χ4v) is 1.80. The summed E-state index contributed by atoms with van der Waals surface area (Å²) in [6.45, 7) is 2.56. The molecule has 1 saturated heterocycles. The Morgan fingerprint density at radius 2 is 1.72 bits per heavy atom. The van der Waals surface area contributed by atoms with Gasteiger partial charge in [0.2, 0.25) is 0 Å². The average Bonchev–Trinajstić information content (AvgIpc) is 2.63. The zero-order chi connectivity index (χ0) is 13.7. The van der Waals surface area contributed by atoms with Crippen LogP contribution in [0.4, 0.5) is 0 Å². The highest BCUT2D eigenvalue weighted by Crippen LogP contribution is 2.27. The molecule has 1 aliphatic heterocycles. The van der Waals surface area contributed by atoms with Crippen molar-refractivity contribution in [1.29, 1.82) is 0 Å². The number of esters is 2. The van der Waals surface area contributed by atoms with Crippen molar-refractivity contribution in [3.05, 3.63) is 0 Å². The summed E-state index contributed by atoms with van der Waals surface area (Å²) >= 11 is 0. The fraction of sp³-hybridized carbons (Fsp3) is 0.818. The van der Waals surface area contributed by atoms with Gasteiger partial charge in [-0.1, -0.05) is 0 Å². The predicted octanol–water partition coefficient (Wildman–Crippen LogP) is -0.133. The molecule has 1 fully saturated rings. The number of carbonyl (C=O) groups excluding carboxylic acids is 2. The van der Waals surface area contributed by atoms with Crippen LogP contribution in [-0.4, -0.2) is 57.4 Å². The van der Waals surface area contributed by atoms with Crippen LogP contribution in [0, 0.1) is 0 Å². The van der Waals surface area contributed by atoms with Crippen LogP contribution in [0.3, 0.4) is 0 Å². The highest BCUT2D eigenvalue weighted by molar-refractivity contribution is 5.66. The molecule has 0 unspecified atom stereocenters. The Balaban J connectivity index is 2.72. The molecule has 7 nitrogen and oxygen atoms in total. The lowest BCUT2D eigenvalue weighted by atomic mass is 10.1. The first-order valence-corrected chi connectivity index (χ1v) is 5.51. The van der Waals surface area contributed by atoms with E-state index in [4.69, 9.17) is 23.7 Å². The molecule has 0 aromatic carbocycles. The first-order valence-electron chi connectivity index (χ1n) is 5.51. The van der Waals surface area contributed by atoms with E-state index in [0.29, 0.717) is 0 Å². The van der Waals surface area contributed by atoms with Crippen LogP contribution in [0.2, 0.25) is 0 Å². The van der Waals surface area contributed by atoms with Crippen LogP contribution in [0.15, 0.2) is 0 Å². The van der Waals surface area contributed by atoms with Gasteiger partial charge in [-0.2, -0.15) is 0 Å². The van der Waals surface area contributed by atoms with Crippen LogP contribution in [0.25, 0.3) is 0 Å². The fourth-order valence-electron chi connectivity index (χ4n) is 1.80. The Hall–Kier alpha value is -1.18. The van der Waals surface area contributed by atoms with Gasteiger partial charge in [-0.15, -0.1) is 0 Å². The summed E-state index contributed by atoms with van der Waals surface area (Å²) < 4.78 is 25.7. The lowest BCUT2D eigenvalue weighted by Crippen LogP contribution is -2.40. The van der Waals surface area contributed by atoms with E-state index in [0.717, 1.165) is 0 Å². The number of hydrogen-bond acceptors (Lipinski definition) is 7. The second-order valence-electron chi connectivity index (χ2n) is 3.86. The minimum atomic E-state index is -0.670. The molecule has 0 saturated carbocycles. The second-order valence-corrected chi connectivity index (χ2v) is 3.86. The van der Waals surface area contributed by atoms with Crippen molar-refractivity contribution in [3.63, 3.8) is 0 Å². The van der Waals surface area contributed by atoms with Crippen LogP contribution in [0.1, 0.15) is 13.8 Å². The molecule has 1 aliphatic rings. The largest absolute Gasteiger partial charge is 0.463 e. The smallest absolute Gasteiger partial charge is 0.303 e. The van der Waals surface area contributed by atoms with Crippen molar-refractivity contribution in [1.82, 2.24) is 0 Å². The van der Waals surface area contributed by atoms with Crippen LogP contribution in [0.5, 0.6) is 0 Å². The van der Waals surface area contributed by atoms with Gasteiger partial charge in [-0.25, -0.2) is 0 Å². The molecule has 104 valence electrons. The van der Waals surface area contributed by atoms with Crippen molar-refractivity contribution < 1.29 is 33.3 Å². The zero-order valence-electron chi connectivity index (χ0n) is 10.9. The minimum absolute atomic E-state index is 0.0208. The van der Waals surface area contributed by atoms with Crippen LogP contribution in [-0.2, 0) is 33.3 Å². The van der Waals surface area contributed by atoms with Gasteiger partial charge < -0.3 is 23.7 Å². The van der Waals surface area contributed by atoms with E-state index in [1.807, 2.05) is 0 Å². The molecule has 18 heavy (non-hydrogen) atoms. The summed E-state index contributed by atoms with van der Waals surface area (Å²) in [5, 5.41) is 0. The molecular formula is C11H18O7. The molecule has 0 aliphatic carbocycles. The van der Waals surface area contributed by atoms with E-state index in [2.05, 4.69) is 0 Å². The molecule has 4 atom stereocenters. The van der Waals surface area contributed by atoms with Crippen molar-refractivity contribution in [3.8, 4) is 0 Å². The number of methoxy groups -OCH3 is 2. The first kappa shape index (κ1) is 14.9. The van der Waals surface area contributed by atoms with Gasteiger partial charge in [0, 0.05) is 28.1 Å².